The van der Waals surface area contributed by atoms with Gasteiger partial charge in [0, 0.05) is 16.6 Å². The average molecular weight is 504 g/mol. The molecule has 2 aromatic rings. The Kier molecular flexibility index (Phi) is 11.8. The molecule has 0 aliphatic carbocycles. The second kappa shape index (κ2) is 14.0. The predicted octanol–water partition coefficient (Wildman–Crippen LogP) is 5.95. The number of unbranched alkanes of at least 4 members (excludes halogenated alkanes) is 3. The number of nitrogens with one attached hydrogen (secondary N) is 1. The van der Waals surface area contributed by atoms with E-state index in [0.717, 1.165) is 54.1 Å². The molecule has 0 aliphatic heterocycles. The zero-order valence-corrected chi connectivity index (χ0v) is 19.5. The molecule has 1 unspecified atom stereocenters. The van der Waals surface area contributed by atoms with Crippen LogP contribution in [0.4, 0.5) is 8.78 Å². The number of halogens is 3. The van der Waals surface area contributed by atoms with E-state index < -0.39 is 8.25 Å². The van der Waals surface area contributed by atoms with Gasteiger partial charge in [0.2, 0.25) is 0 Å². The Bertz CT molecular complexity index is 806. The van der Waals surface area contributed by atoms with Gasteiger partial charge in [-0.3, -0.25) is 4.57 Å². The molecule has 0 saturated carbocycles. The van der Waals surface area contributed by atoms with Crippen LogP contribution in [0.25, 0.3) is 0 Å². The molecule has 0 spiro atoms. The molecule has 166 valence electrons. The molecule has 0 fully saturated rings. The summed E-state index contributed by atoms with van der Waals surface area (Å²) in [5.74, 6) is -0.431. The summed E-state index contributed by atoms with van der Waals surface area (Å²) in [7, 11) is -2.87. The van der Waals surface area contributed by atoms with Crippen molar-refractivity contribution in [1.82, 2.24) is 5.32 Å². The third-order valence-corrected chi connectivity index (χ3v) is 6.02. The molecule has 0 saturated heterocycles. The molecule has 8 heteroatoms. The smallest absolute Gasteiger partial charge is 0.316 e. The molecule has 2 N–H and O–H groups in total. The SMILES string of the molecule is O=[PH](O)OCCCNCc1cc(Br)c(CCCCCCc2ccc(F)cc2)cc1F. The first-order chi connectivity index (χ1) is 14.5. The molecule has 2 aromatic carbocycles. The fourth-order valence-corrected chi connectivity index (χ4v) is 4.09. The van der Waals surface area contributed by atoms with Crippen molar-refractivity contribution < 1.29 is 22.8 Å². The predicted molar refractivity (Wildman–Crippen MR) is 120 cm³/mol. The fraction of sp³-hybridized carbons (Fsp3) is 0.455. The van der Waals surface area contributed by atoms with Crippen LogP contribution >= 0.6 is 24.2 Å². The Labute approximate surface area is 186 Å². The van der Waals surface area contributed by atoms with Crippen molar-refractivity contribution in [2.45, 2.75) is 51.5 Å². The lowest BCUT2D eigenvalue weighted by Gasteiger charge is -2.10. The normalized spacial score (nSPS) is 12.3. The summed E-state index contributed by atoms with van der Waals surface area (Å²) in [5, 5.41) is 3.11. The Morgan fingerprint density at radius 1 is 0.967 bits per heavy atom. The summed E-state index contributed by atoms with van der Waals surface area (Å²) >= 11 is 3.55. The molecule has 1 atom stereocenters. The van der Waals surface area contributed by atoms with Gasteiger partial charge in [-0.1, -0.05) is 40.9 Å². The van der Waals surface area contributed by atoms with Gasteiger partial charge in [-0.2, -0.15) is 0 Å². The third-order valence-electron chi connectivity index (χ3n) is 4.83. The van der Waals surface area contributed by atoms with Gasteiger partial charge >= 0.3 is 8.25 Å². The molecule has 0 bridgehead atoms. The Balaban J connectivity index is 1.65. The van der Waals surface area contributed by atoms with Crippen LogP contribution in [0.5, 0.6) is 0 Å². The maximum atomic E-state index is 14.4. The largest absolute Gasteiger partial charge is 0.326 e. The standard InChI is InChI=1S/C22H29BrF2NO3P/c23-21-14-19(16-26-12-5-13-29-30(27)28)22(25)15-18(21)7-4-2-1-3-6-17-8-10-20(24)11-9-17/h8-11,14-15,26,30H,1-7,12-13,16H2,(H,27,28). The summed E-state index contributed by atoms with van der Waals surface area (Å²) in [6.45, 7) is 1.17. The highest BCUT2D eigenvalue weighted by molar-refractivity contribution is 9.10. The third kappa shape index (κ3) is 9.80. The van der Waals surface area contributed by atoms with Gasteiger partial charge in [0.05, 0.1) is 6.61 Å². The van der Waals surface area contributed by atoms with Gasteiger partial charge in [0.1, 0.15) is 11.6 Å². The van der Waals surface area contributed by atoms with E-state index >= 15 is 0 Å². The van der Waals surface area contributed by atoms with E-state index in [1.54, 1.807) is 6.07 Å². The zero-order chi connectivity index (χ0) is 21.8. The lowest BCUT2D eigenvalue weighted by atomic mass is 10.0. The van der Waals surface area contributed by atoms with Crippen molar-refractivity contribution in [2.75, 3.05) is 13.2 Å². The molecule has 0 radical (unpaired) electrons. The Morgan fingerprint density at radius 3 is 2.37 bits per heavy atom. The maximum Gasteiger partial charge on any atom is 0.316 e. The first-order valence-corrected chi connectivity index (χ1v) is 12.3. The van der Waals surface area contributed by atoms with E-state index in [1.807, 2.05) is 18.2 Å². The summed E-state index contributed by atoms with van der Waals surface area (Å²) < 4.78 is 43.2. The molecular formula is C22H29BrF2NO3P. The molecule has 2 rings (SSSR count). The minimum Gasteiger partial charge on any atom is -0.326 e. The molecule has 0 amide bonds. The van der Waals surface area contributed by atoms with Gasteiger partial charge in [-0.15, -0.1) is 0 Å². The van der Waals surface area contributed by atoms with E-state index in [0.29, 0.717) is 25.1 Å². The molecule has 0 aliphatic rings. The topological polar surface area (TPSA) is 58.6 Å². The van der Waals surface area contributed by atoms with Crippen molar-refractivity contribution in [3.8, 4) is 0 Å². The number of benzene rings is 2. The summed E-state index contributed by atoms with van der Waals surface area (Å²) in [4.78, 5) is 8.58. The summed E-state index contributed by atoms with van der Waals surface area (Å²) in [6, 6.07) is 10.1. The lowest BCUT2D eigenvalue weighted by molar-refractivity contribution is 0.276. The van der Waals surface area contributed by atoms with Crippen LogP contribution < -0.4 is 5.32 Å². The van der Waals surface area contributed by atoms with Crippen molar-refractivity contribution in [3.63, 3.8) is 0 Å². The van der Waals surface area contributed by atoms with E-state index in [2.05, 4.69) is 25.8 Å². The van der Waals surface area contributed by atoms with Crippen LogP contribution in [-0.4, -0.2) is 18.0 Å². The van der Waals surface area contributed by atoms with Crippen molar-refractivity contribution in [1.29, 1.82) is 0 Å². The molecule has 4 nitrogen and oxygen atoms in total. The van der Waals surface area contributed by atoms with Gasteiger partial charge in [-0.05, 0) is 74.0 Å². The number of hydrogen-bond donors (Lipinski definition) is 2. The minimum atomic E-state index is -2.87. The highest BCUT2D eigenvalue weighted by Gasteiger charge is 2.08. The van der Waals surface area contributed by atoms with Gasteiger partial charge < -0.3 is 14.7 Å². The monoisotopic (exact) mass is 503 g/mol. The van der Waals surface area contributed by atoms with Crippen LogP contribution in [0.15, 0.2) is 40.9 Å². The highest BCUT2D eigenvalue weighted by atomic mass is 79.9. The number of hydrogen-bond acceptors (Lipinski definition) is 3. The molecule has 30 heavy (non-hydrogen) atoms. The summed E-state index contributed by atoms with van der Waals surface area (Å²) in [5.41, 5.74) is 2.71. The van der Waals surface area contributed by atoms with Crippen LogP contribution in [0.3, 0.4) is 0 Å². The van der Waals surface area contributed by atoms with Crippen LogP contribution in [0.2, 0.25) is 0 Å². The zero-order valence-electron chi connectivity index (χ0n) is 16.9. The fourth-order valence-electron chi connectivity index (χ4n) is 3.19. The summed E-state index contributed by atoms with van der Waals surface area (Å²) in [6.07, 6.45) is 6.57. The Morgan fingerprint density at radius 2 is 1.67 bits per heavy atom. The number of rotatable bonds is 14. The van der Waals surface area contributed by atoms with Crippen LogP contribution in [0, 0.1) is 11.6 Å². The van der Waals surface area contributed by atoms with Crippen molar-refractivity contribution in [3.05, 3.63) is 69.2 Å². The van der Waals surface area contributed by atoms with Gasteiger partial charge in [0.15, 0.2) is 0 Å². The average Bonchev–Trinajstić information content (AvgIpc) is 2.71. The van der Waals surface area contributed by atoms with Crippen LogP contribution in [-0.2, 0) is 28.5 Å². The maximum absolute atomic E-state index is 14.4. The van der Waals surface area contributed by atoms with Gasteiger partial charge in [0.25, 0.3) is 0 Å². The molecular weight excluding hydrogens is 475 g/mol. The van der Waals surface area contributed by atoms with Crippen molar-refractivity contribution >= 4 is 24.2 Å². The second-order valence-electron chi connectivity index (χ2n) is 7.22. The first-order valence-electron chi connectivity index (χ1n) is 10.2. The quantitative estimate of drug-likeness (QED) is 0.247. The lowest BCUT2D eigenvalue weighted by Crippen LogP contribution is -2.17. The van der Waals surface area contributed by atoms with Gasteiger partial charge in [-0.25, -0.2) is 8.78 Å². The van der Waals surface area contributed by atoms with Crippen molar-refractivity contribution in [2.24, 2.45) is 0 Å². The minimum absolute atomic E-state index is 0.203. The second-order valence-corrected chi connectivity index (χ2v) is 8.90. The van der Waals surface area contributed by atoms with E-state index in [-0.39, 0.29) is 18.2 Å². The van der Waals surface area contributed by atoms with E-state index in [9.17, 15) is 13.3 Å². The van der Waals surface area contributed by atoms with Crippen LogP contribution in [0.1, 0.15) is 48.8 Å². The molecule has 0 heterocycles. The Hall–Kier alpha value is -1.11. The van der Waals surface area contributed by atoms with E-state index in [1.165, 1.54) is 12.1 Å². The first kappa shape index (κ1) is 25.2. The number of aryl methyl sites for hydroxylation is 2. The molecule has 0 aromatic heterocycles. The van der Waals surface area contributed by atoms with E-state index in [4.69, 9.17) is 4.89 Å². The highest BCUT2D eigenvalue weighted by Crippen LogP contribution is 2.24.